The van der Waals surface area contributed by atoms with Crippen molar-refractivity contribution in [2.24, 2.45) is 14.1 Å². The second-order valence-corrected chi connectivity index (χ2v) is 7.37. The molecule has 2 aromatic rings. The third-order valence-corrected chi connectivity index (χ3v) is 5.31. The van der Waals surface area contributed by atoms with Crippen LogP contribution in [0.2, 0.25) is 0 Å². The zero-order valence-electron chi connectivity index (χ0n) is 17.5. The van der Waals surface area contributed by atoms with Gasteiger partial charge in [-0.3, -0.25) is 18.7 Å². The van der Waals surface area contributed by atoms with E-state index in [1.165, 1.54) is 37.0 Å². The van der Waals surface area contributed by atoms with Gasteiger partial charge in [0.1, 0.15) is 11.4 Å². The fourth-order valence-corrected chi connectivity index (χ4v) is 3.61. The second-order valence-electron chi connectivity index (χ2n) is 7.37. The summed E-state index contributed by atoms with van der Waals surface area (Å²) in [5.41, 5.74) is -0.196. The van der Waals surface area contributed by atoms with E-state index in [2.05, 4.69) is 10.2 Å². The third-order valence-electron chi connectivity index (χ3n) is 5.31. The molecule has 0 saturated carbocycles. The minimum atomic E-state index is -0.587. The second kappa shape index (κ2) is 10.9. The summed E-state index contributed by atoms with van der Waals surface area (Å²) in [7, 11) is 2.96. The van der Waals surface area contributed by atoms with Crippen molar-refractivity contribution in [1.82, 2.24) is 14.0 Å². The van der Waals surface area contributed by atoms with Gasteiger partial charge in [0.25, 0.3) is 5.56 Å². The first kappa shape index (κ1) is 23.6. The first-order chi connectivity index (χ1) is 14.0. The molecular weight excluding hydrogens is 404 g/mol. The normalized spacial score (nSPS) is 14.5. The van der Waals surface area contributed by atoms with Gasteiger partial charge in [0, 0.05) is 27.2 Å². The Morgan fingerprint density at radius 3 is 2.37 bits per heavy atom. The number of nitrogens with one attached hydrogen (secondary N) is 1. The van der Waals surface area contributed by atoms with Gasteiger partial charge in [-0.25, -0.2) is 4.79 Å². The predicted molar refractivity (Wildman–Crippen MR) is 123 cm³/mol. The molecule has 0 unspecified atom stereocenters. The number of hydrogen-bond acceptors (Lipinski definition) is 5. The molecule has 0 atom stereocenters. The van der Waals surface area contributed by atoms with Gasteiger partial charge >= 0.3 is 5.69 Å². The van der Waals surface area contributed by atoms with Crippen LogP contribution in [0.5, 0.6) is 0 Å². The van der Waals surface area contributed by atoms with Gasteiger partial charge in [-0.15, -0.1) is 12.4 Å². The highest BCUT2D eigenvalue weighted by Crippen LogP contribution is 2.12. The van der Waals surface area contributed by atoms with Crippen LogP contribution in [0.4, 0.5) is 5.82 Å². The maximum atomic E-state index is 12.9. The van der Waals surface area contributed by atoms with Crippen molar-refractivity contribution >= 4 is 30.1 Å². The van der Waals surface area contributed by atoms with E-state index in [0.717, 1.165) is 29.8 Å². The number of rotatable bonds is 7. The molecule has 8 heteroatoms. The summed E-state index contributed by atoms with van der Waals surface area (Å²) in [5, 5.41) is 3.17. The van der Waals surface area contributed by atoms with Crippen LogP contribution >= 0.6 is 12.4 Å². The highest BCUT2D eigenvalue weighted by atomic mass is 35.5. The monoisotopic (exact) mass is 432 g/mol. The molecule has 0 amide bonds. The Bertz CT molecular complexity index is 1010. The van der Waals surface area contributed by atoms with E-state index >= 15 is 0 Å². The number of nitrogens with zero attached hydrogens (tertiary/aromatic N) is 3. The van der Waals surface area contributed by atoms with E-state index in [0.29, 0.717) is 6.54 Å². The summed E-state index contributed by atoms with van der Waals surface area (Å²) in [6.07, 6.45) is 6.70. The molecule has 0 radical (unpaired) electrons. The molecule has 0 bridgehead atoms. The van der Waals surface area contributed by atoms with Crippen LogP contribution in [0.3, 0.4) is 0 Å². The number of anilines is 1. The molecule has 30 heavy (non-hydrogen) atoms. The summed E-state index contributed by atoms with van der Waals surface area (Å²) in [5.74, 6) is -0.150. The highest BCUT2D eigenvalue weighted by molar-refractivity contribution is 6.09. The summed E-state index contributed by atoms with van der Waals surface area (Å²) in [6, 6.07) is 9.40. The van der Waals surface area contributed by atoms with Crippen LogP contribution in [-0.4, -0.2) is 46.0 Å². The van der Waals surface area contributed by atoms with Crippen LogP contribution in [0.1, 0.15) is 35.2 Å². The number of halogens is 1. The zero-order chi connectivity index (χ0) is 20.8. The number of piperidine rings is 1. The number of aromatic nitrogens is 2. The molecule has 0 spiro atoms. The Morgan fingerprint density at radius 1 is 1.03 bits per heavy atom. The van der Waals surface area contributed by atoms with Crippen molar-refractivity contribution in [2.75, 3.05) is 31.5 Å². The number of hydrogen-bond donors (Lipinski definition) is 1. The first-order valence-electron chi connectivity index (χ1n) is 10.0. The van der Waals surface area contributed by atoms with Gasteiger partial charge < -0.3 is 10.2 Å². The van der Waals surface area contributed by atoms with Gasteiger partial charge in [-0.05, 0) is 37.6 Å². The standard InChI is InChI=1S/C22H28N4O3.ClH/c1-24-20(23-13-16-26-14-7-4-8-15-26)19(21(28)25(2)22(24)29)18(27)12-11-17-9-5-3-6-10-17;/h3,5-6,9-12,23H,4,7-8,13-16H2,1-2H3;1H/b12-11+;. The van der Waals surface area contributed by atoms with Gasteiger partial charge in [0.05, 0.1) is 0 Å². The molecule has 1 N–H and O–H groups in total. The smallest absolute Gasteiger partial charge is 0.332 e. The van der Waals surface area contributed by atoms with E-state index in [4.69, 9.17) is 0 Å². The Morgan fingerprint density at radius 2 is 1.70 bits per heavy atom. The number of carbonyl (C=O) groups excluding carboxylic acids is 1. The molecule has 1 saturated heterocycles. The van der Waals surface area contributed by atoms with Crippen LogP contribution in [0.25, 0.3) is 6.08 Å². The van der Waals surface area contributed by atoms with Crippen molar-refractivity contribution in [1.29, 1.82) is 0 Å². The lowest BCUT2D eigenvalue weighted by Crippen LogP contribution is -2.42. The molecular formula is C22H29ClN4O3. The van der Waals surface area contributed by atoms with Crippen molar-refractivity contribution in [2.45, 2.75) is 19.3 Å². The fourth-order valence-electron chi connectivity index (χ4n) is 3.61. The quantitative estimate of drug-likeness (QED) is 0.536. The van der Waals surface area contributed by atoms with Crippen molar-refractivity contribution < 1.29 is 4.79 Å². The topological polar surface area (TPSA) is 76.3 Å². The first-order valence-corrected chi connectivity index (χ1v) is 10.0. The number of allylic oxidation sites excluding steroid dienone is 1. The molecule has 7 nitrogen and oxygen atoms in total. The zero-order valence-corrected chi connectivity index (χ0v) is 18.3. The molecule has 1 aromatic carbocycles. The number of ketones is 1. The Labute approximate surface area is 182 Å². The lowest BCUT2D eigenvalue weighted by atomic mass is 10.1. The third kappa shape index (κ3) is 5.49. The molecule has 2 heterocycles. The van der Waals surface area contributed by atoms with Gasteiger partial charge in [-0.2, -0.15) is 0 Å². The van der Waals surface area contributed by atoms with Crippen molar-refractivity contribution in [3.63, 3.8) is 0 Å². The van der Waals surface area contributed by atoms with E-state index < -0.39 is 17.0 Å². The molecule has 1 aromatic heterocycles. The average Bonchev–Trinajstić information content (AvgIpc) is 2.75. The van der Waals surface area contributed by atoms with E-state index in [1.807, 2.05) is 30.3 Å². The van der Waals surface area contributed by atoms with E-state index in [9.17, 15) is 14.4 Å². The minimum absolute atomic E-state index is 0. The molecule has 1 aliphatic heterocycles. The maximum absolute atomic E-state index is 12.9. The lowest BCUT2D eigenvalue weighted by molar-refractivity contribution is 0.104. The minimum Gasteiger partial charge on any atom is -0.369 e. The lowest BCUT2D eigenvalue weighted by Gasteiger charge is -2.26. The van der Waals surface area contributed by atoms with Gasteiger partial charge in [-0.1, -0.05) is 42.8 Å². The summed E-state index contributed by atoms with van der Waals surface area (Å²) >= 11 is 0. The summed E-state index contributed by atoms with van der Waals surface area (Å²) in [4.78, 5) is 40.3. The Hall–Kier alpha value is -2.64. The number of likely N-dealkylation sites (tertiary alicyclic amines) is 1. The van der Waals surface area contributed by atoms with Crippen molar-refractivity contribution in [3.8, 4) is 0 Å². The molecule has 3 rings (SSSR count). The van der Waals surface area contributed by atoms with Crippen LogP contribution in [0, 0.1) is 0 Å². The maximum Gasteiger partial charge on any atom is 0.332 e. The molecule has 162 valence electrons. The SMILES string of the molecule is Cl.Cn1c(NCCN2CCCCC2)c(C(=O)/C=C/c2ccccc2)c(=O)n(C)c1=O. The Kier molecular flexibility index (Phi) is 8.62. The molecule has 1 aliphatic rings. The average molecular weight is 433 g/mol. The number of carbonyl (C=O) groups is 1. The van der Waals surface area contributed by atoms with E-state index in [1.54, 1.807) is 13.1 Å². The summed E-state index contributed by atoms with van der Waals surface area (Å²) in [6.45, 7) is 3.48. The van der Waals surface area contributed by atoms with Gasteiger partial charge in [0.2, 0.25) is 0 Å². The largest absolute Gasteiger partial charge is 0.369 e. The van der Waals surface area contributed by atoms with Gasteiger partial charge in [0.15, 0.2) is 5.78 Å². The van der Waals surface area contributed by atoms with Crippen LogP contribution in [0.15, 0.2) is 46.0 Å². The Balaban J connectivity index is 0.00000320. The number of benzene rings is 1. The fraction of sp³-hybridized carbons (Fsp3) is 0.409. The molecule has 0 aliphatic carbocycles. The van der Waals surface area contributed by atoms with Crippen molar-refractivity contribution in [3.05, 3.63) is 68.4 Å². The van der Waals surface area contributed by atoms with Crippen LogP contribution < -0.4 is 16.6 Å². The summed E-state index contributed by atoms with van der Waals surface area (Å²) < 4.78 is 2.31. The highest BCUT2D eigenvalue weighted by Gasteiger charge is 2.20. The molecule has 1 fully saturated rings. The van der Waals surface area contributed by atoms with E-state index in [-0.39, 0.29) is 23.8 Å². The predicted octanol–water partition coefficient (Wildman–Crippen LogP) is 2.30. The van der Waals surface area contributed by atoms with Crippen LogP contribution in [-0.2, 0) is 14.1 Å².